The molecule has 35 heavy (non-hydrogen) atoms. The van der Waals surface area contributed by atoms with E-state index >= 15 is 0 Å². The zero-order chi connectivity index (χ0) is 25.3. The number of aliphatic hydroxyl groups is 1. The lowest BCUT2D eigenvalue weighted by Crippen LogP contribution is -2.51. The van der Waals surface area contributed by atoms with E-state index in [-0.39, 0.29) is 18.9 Å². The number of halogens is 3. The third-order valence-electron chi connectivity index (χ3n) is 6.33. The lowest BCUT2D eigenvalue weighted by molar-refractivity contribution is -0.189. The lowest BCUT2D eigenvalue weighted by atomic mass is 9.98. The highest BCUT2D eigenvalue weighted by molar-refractivity contribution is 5.87. The highest BCUT2D eigenvalue weighted by atomic mass is 19.4. The number of β-amino-alcohol motifs (C(OH)–C–C–N with tert-alkyl or cyclic N) is 1. The second-order valence-electron chi connectivity index (χ2n) is 8.53. The normalized spacial score (nSPS) is 20.2. The second-order valence-corrected chi connectivity index (χ2v) is 8.53. The Balaban J connectivity index is 1.41. The summed E-state index contributed by atoms with van der Waals surface area (Å²) in [5, 5.41) is 20.8. The van der Waals surface area contributed by atoms with Crippen molar-refractivity contribution >= 4 is 18.0 Å². The Hall–Kier alpha value is -3.60. The Kier molecular flexibility index (Phi) is 6.70. The molecule has 1 aliphatic heterocycles. The van der Waals surface area contributed by atoms with E-state index in [0.29, 0.717) is 4.90 Å². The Morgan fingerprint density at radius 3 is 2.17 bits per heavy atom. The van der Waals surface area contributed by atoms with Gasteiger partial charge in [0.15, 0.2) is 5.92 Å². The van der Waals surface area contributed by atoms with Gasteiger partial charge in [-0.1, -0.05) is 48.5 Å². The Morgan fingerprint density at radius 1 is 1.06 bits per heavy atom. The number of nitrogens with zero attached hydrogens (tertiary/aromatic N) is 1. The van der Waals surface area contributed by atoms with Crippen molar-refractivity contribution in [2.75, 3.05) is 19.7 Å². The van der Waals surface area contributed by atoms with Gasteiger partial charge in [0.05, 0.1) is 6.10 Å². The summed E-state index contributed by atoms with van der Waals surface area (Å²) in [7, 11) is 0. The molecule has 2 aromatic carbocycles. The van der Waals surface area contributed by atoms with Crippen molar-refractivity contribution in [1.29, 1.82) is 0 Å². The third kappa shape index (κ3) is 4.95. The monoisotopic (exact) mass is 492 g/mol. The summed E-state index contributed by atoms with van der Waals surface area (Å²) >= 11 is 0. The Labute approximate surface area is 198 Å². The van der Waals surface area contributed by atoms with Crippen molar-refractivity contribution in [1.82, 2.24) is 10.2 Å². The van der Waals surface area contributed by atoms with Crippen LogP contribution in [0.5, 0.6) is 0 Å². The highest BCUT2D eigenvalue weighted by Gasteiger charge is 2.50. The van der Waals surface area contributed by atoms with Crippen LogP contribution in [0.2, 0.25) is 0 Å². The first kappa shape index (κ1) is 24.5. The Morgan fingerprint density at radius 2 is 1.63 bits per heavy atom. The van der Waals surface area contributed by atoms with E-state index in [4.69, 9.17) is 4.74 Å². The first-order chi connectivity index (χ1) is 16.6. The molecule has 3 atom stereocenters. The van der Waals surface area contributed by atoms with Crippen molar-refractivity contribution in [3.8, 4) is 11.1 Å². The highest BCUT2D eigenvalue weighted by Crippen LogP contribution is 2.44. The van der Waals surface area contributed by atoms with Crippen LogP contribution in [0.3, 0.4) is 0 Å². The molecule has 0 aromatic heterocycles. The molecule has 3 N–H and O–H groups in total. The van der Waals surface area contributed by atoms with Crippen LogP contribution in [0, 0.1) is 5.92 Å². The number of rotatable bonds is 6. The number of ether oxygens (including phenoxy) is 1. The van der Waals surface area contributed by atoms with E-state index in [1.165, 1.54) is 0 Å². The number of carbonyl (C=O) groups excluding carboxylic acids is 2. The van der Waals surface area contributed by atoms with Crippen LogP contribution in [0.15, 0.2) is 48.5 Å². The lowest BCUT2D eigenvalue weighted by Gasteiger charge is -2.28. The van der Waals surface area contributed by atoms with E-state index in [2.05, 4.69) is 0 Å². The smallest absolute Gasteiger partial charge is 0.407 e. The van der Waals surface area contributed by atoms with Gasteiger partial charge in [-0.3, -0.25) is 4.79 Å². The first-order valence-electron chi connectivity index (χ1n) is 10.9. The summed E-state index contributed by atoms with van der Waals surface area (Å²) in [5.74, 6) is -6.02. The number of fused-ring (bicyclic) bond motifs is 3. The minimum atomic E-state index is -5.05. The van der Waals surface area contributed by atoms with E-state index < -0.39 is 55.3 Å². The molecule has 1 saturated heterocycles. The average molecular weight is 492 g/mol. The predicted octanol–water partition coefficient (Wildman–Crippen LogP) is 2.75. The molecule has 0 bridgehead atoms. The second kappa shape index (κ2) is 9.57. The van der Waals surface area contributed by atoms with Crippen molar-refractivity contribution in [3.63, 3.8) is 0 Å². The van der Waals surface area contributed by atoms with Gasteiger partial charge in [-0.15, -0.1) is 0 Å². The molecule has 1 fully saturated rings. The van der Waals surface area contributed by atoms with Gasteiger partial charge in [0.25, 0.3) is 0 Å². The van der Waals surface area contributed by atoms with Gasteiger partial charge >= 0.3 is 18.2 Å². The van der Waals surface area contributed by atoms with Gasteiger partial charge in [0, 0.05) is 25.4 Å². The summed E-state index contributed by atoms with van der Waals surface area (Å²) < 4.78 is 46.0. The predicted molar refractivity (Wildman–Crippen MR) is 116 cm³/mol. The number of aliphatic carboxylic acids is 1. The number of nitrogens with one attached hydrogen (secondary N) is 1. The zero-order valence-corrected chi connectivity index (χ0v) is 18.4. The van der Waals surface area contributed by atoms with Gasteiger partial charge < -0.3 is 25.2 Å². The van der Waals surface area contributed by atoms with Crippen molar-refractivity contribution in [2.24, 2.45) is 5.92 Å². The zero-order valence-electron chi connectivity index (χ0n) is 18.4. The molecule has 4 rings (SSSR count). The molecule has 2 aliphatic rings. The van der Waals surface area contributed by atoms with Gasteiger partial charge in [0.1, 0.15) is 12.6 Å². The number of hydrogen-bond acceptors (Lipinski definition) is 5. The molecule has 1 heterocycles. The first-order valence-corrected chi connectivity index (χ1v) is 10.9. The summed E-state index contributed by atoms with van der Waals surface area (Å²) in [6.07, 6.45) is -7.80. The molecular weight excluding hydrogens is 469 g/mol. The maximum Gasteiger partial charge on any atom is 0.407 e. The molecule has 0 spiro atoms. The molecule has 0 saturated carbocycles. The van der Waals surface area contributed by atoms with Crippen LogP contribution < -0.4 is 5.32 Å². The van der Waals surface area contributed by atoms with Crippen LogP contribution in [0.25, 0.3) is 11.1 Å². The number of carboxylic acid groups (broad SMARTS) is 1. The fourth-order valence-electron chi connectivity index (χ4n) is 4.67. The van der Waals surface area contributed by atoms with E-state index in [1.54, 1.807) is 0 Å². The quantitative estimate of drug-likeness (QED) is 0.571. The van der Waals surface area contributed by atoms with Crippen LogP contribution in [0.4, 0.5) is 18.0 Å². The fourth-order valence-corrected chi connectivity index (χ4v) is 4.67. The molecule has 0 radical (unpaired) electrons. The van der Waals surface area contributed by atoms with Crippen LogP contribution in [-0.2, 0) is 14.3 Å². The molecule has 2 amide bonds. The fraction of sp³-hybridized carbons (Fsp3) is 0.375. The van der Waals surface area contributed by atoms with E-state index in [0.717, 1.165) is 22.3 Å². The minimum Gasteiger partial charge on any atom is -0.480 e. The number of amides is 2. The molecule has 11 heteroatoms. The number of alkyl carbamates (subject to hydrolysis) is 1. The molecule has 186 valence electrons. The third-order valence-corrected chi connectivity index (χ3v) is 6.33. The number of benzene rings is 2. The standard InChI is InChI=1S/C24H23F3N2O6/c25-24(26,27)19(21(31)29-11-13(30)9-20(29)22(32)33)10-28-23(34)35-12-18-16-7-3-1-5-14(16)15-6-2-4-8-17(15)18/h1-8,13,18-20,30H,9-12H2,(H,28,34)(H,32,33)/t13-,19?,20-/m0/s1. The van der Waals surface area contributed by atoms with Crippen LogP contribution in [0.1, 0.15) is 23.5 Å². The van der Waals surface area contributed by atoms with Gasteiger partial charge in [-0.25, -0.2) is 9.59 Å². The van der Waals surface area contributed by atoms with E-state index in [9.17, 15) is 37.8 Å². The number of likely N-dealkylation sites (tertiary alicyclic amines) is 1. The minimum absolute atomic E-state index is 0.121. The number of carbonyl (C=O) groups is 3. The number of aliphatic hydroxyl groups excluding tert-OH is 1. The largest absolute Gasteiger partial charge is 0.480 e. The van der Waals surface area contributed by atoms with Crippen molar-refractivity contribution in [2.45, 2.75) is 30.7 Å². The SMILES string of the molecule is O=C(NCC(C(=O)N1C[C@@H](O)C[C@H]1C(=O)O)C(F)(F)F)OCC1c2ccccc2-c2ccccc21. The maximum atomic E-state index is 13.6. The number of hydrogen-bond donors (Lipinski definition) is 3. The topological polar surface area (TPSA) is 116 Å². The van der Waals surface area contributed by atoms with Gasteiger partial charge in [-0.05, 0) is 22.3 Å². The van der Waals surface area contributed by atoms with Crippen LogP contribution in [-0.4, -0.2) is 71.1 Å². The summed E-state index contributed by atoms with van der Waals surface area (Å²) in [5.41, 5.74) is 3.83. The molecule has 2 aromatic rings. The molecule has 1 unspecified atom stereocenters. The van der Waals surface area contributed by atoms with Crippen LogP contribution >= 0.6 is 0 Å². The molecule has 1 aliphatic carbocycles. The average Bonchev–Trinajstić information content (AvgIpc) is 3.35. The Bertz CT molecular complexity index is 1090. The van der Waals surface area contributed by atoms with Gasteiger partial charge in [-0.2, -0.15) is 13.2 Å². The van der Waals surface area contributed by atoms with E-state index in [1.807, 2.05) is 53.8 Å². The summed E-state index contributed by atoms with van der Waals surface area (Å²) in [6.45, 7) is -1.78. The number of alkyl halides is 3. The maximum absolute atomic E-state index is 13.6. The number of carboxylic acids is 1. The van der Waals surface area contributed by atoms with Crippen molar-refractivity contribution in [3.05, 3.63) is 59.7 Å². The molecule has 8 nitrogen and oxygen atoms in total. The van der Waals surface area contributed by atoms with Gasteiger partial charge in [0.2, 0.25) is 5.91 Å². The molecular formula is C24H23F3N2O6. The summed E-state index contributed by atoms with van der Waals surface area (Å²) in [4.78, 5) is 36.6. The van der Waals surface area contributed by atoms with Crippen molar-refractivity contribution < 1.29 is 42.5 Å². The summed E-state index contributed by atoms with van der Waals surface area (Å²) in [6, 6.07) is 13.5.